The van der Waals surface area contributed by atoms with Crippen molar-refractivity contribution in [3.8, 4) is 5.75 Å². The Hall–Kier alpha value is -3.20. The number of rotatable bonds is 12. The molecule has 0 bridgehead atoms. The molecule has 4 rings (SSSR count). The molecule has 0 aliphatic carbocycles. The first-order valence-corrected chi connectivity index (χ1v) is 15.2. The van der Waals surface area contributed by atoms with Crippen LogP contribution in [0.4, 0.5) is 0 Å². The zero-order valence-electron chi connectivity index (χ0n) is 26.2. The monoisotopic (exact) mass is 686 g/mol. The molecular weight excluding hydrogens is 644 g/mol. The lowest BCUT2D eigenvalue weighted by Gasteiger charge is -2.42. The van der Waals surface area contributed by atoms with Gasteiger partial charge in [-0.05, 0) is 31.0 Å². The Morgan fingerprint density at radius 2 is 1.50 bits per heavy atom. The number of benzene rings is 1. The van der Waals surface area contributed by atoms with E-state index in [9.17, 15) is 50.4 Å². The Morgan fingerprint density at radius 1 is 0.875 bits per heavy atom. The number of hydrogen-bond acceptors (Lipinski definition) is 17. The van der Waals surface area contributed by atoms with E-state index in [1.807, 2.05) is 0 Å². The number of aromatic hydroxyl groups is 1. The zero-order valence-corrected chi connectivity index (χ0v) is 26.2. The van der Waals surface area contributed by atoms with Crippen LogP contribution in [0.15, 0.2) is 47.7 Å². The van der Waals surface area contributed by atoms with Crippen LogP contribution >= 0.6 is 0 Å². The van der Waals surface area contributed by atoms with Gasteiger partial charge in [0.2, 0.25) is 6.29 Å². The molecule has 1 aromatic rings. The number of aliphatic hydroxyl groups excluding tert-OH is 7. The number of carbonyl (C=O) groups is 2. The third-order valence-electron chi connectivity index (χ3n) is 8.29. The van der Waals surface area contributed by atoms with Crippen molar-refractivity contribution >= 4 is 11.9 Å². The van der Waals surface area contributed by atoms with Gasteiger partial charge < -0.3 is 74.0 Å². The van der Waals surface area contributed by atoms with Gasteiger partial charge in [0.1, 0.15) is 61.2 Å². The maximum absolute atomic E-state index is 13.1. The van der Waals surface area contributed by atoms with Crippen LogP contribution in [-0.2, 0) is 49.2 Å². The SMILES string of the molecule is C/C=C1\[C@@H](O[C@@H]2O[C@H](CO)[C@H](O)[C@H](O)[C@H]2O)OC=C(C(=O)OC)[C@H]1CC(=O)OC[C@H]1O[C@@H](OCCc2ccc(O)cc2)[C@H](O)[C@@H](O)[C@@H]1O. The second kappa shape index (κ2) is 17.0. The number of esters is 2. The van der Waals surface area contributed by atoms with Crippen molar-refractivity contribution in [1.29, 1.82) is 0 Å². The summed E-state index contributed by atoms with van der Waals surface area (Å²) in [5.74, 6) is -2.69. The molecule has 1 aromatic carbocycles. The summed E-state index contributed by atoms with van der Waals surface area (Å²) < 4.78 is 38.0. The van der Waals surface area contributed by atoms with Gasteiger partial charge in [-0.1, -0.05) is 18.2 Å². The van der Waals surface area contributed by atoms with E-state index in [2.05, 4.69) is 0 Å². The molecule has 0 radical (unpaired) electrons. The largest absolute Gasteiger partial charge is 0.508 e. The molecule has 0 saturated carbocycles. The quantitative estimate of drug-likeness (QED) is 0.0834. The van der Waals surface area contributed by atoms with Crippen molar-refractivity contribution in [3.63, 3.8) is 0 Å². The lowest BCUT2D eigenvalue weighted by Crippen LogP contribution is -2.60. The Morgan fingerprint density at radius 3 is 2.12 bits per heavy atom. The molecule has 268 valence electrons. The van der Waals surface area contributed by atoms with Crippen molar-refractivity contribution in [3.05, 3.63) is 53.3 Å². The minimum atomic E-state index is -1.75. The number of aliphatic hydroxyl groups is 7. The van der Waals surface area contributed by atoms with Crippen molar-refractivity contribution < 1.29 is 83.6 Å². The highest BCUT2D eigenvalue weighted by Crippen LogP contribution is 2.36. The van der Waals surface area contributed by atoms with Crippen LogP contribution in [0.2, 0.25) is 0 Å². The van der Waals surface area contributed by atoms with Crippen LogP contribution < -0.4 is 0 Å². The van der Waals surface area contributed by atoms with E-state index < -0.39 is 105 Å². The van der Waals surface area contributed by atoms with Crippen molar-refractivity contribution in [1.82, 2.24) is 0 Å². The van der Waals surface area contributed by atoms with Gasteiger partial charge in [-0.3, -0.25) is 4.79 Å². The maximum atomic E-state index is 13.1. The van der Waals surface area contributed by atoms with Gasteiger partial charge in [-0.2, -0.15) is 0 Å². The van der Waals surface area contributed by atoms with Crippen LogP contribution in [0.3, 0.4) is 0 Å². The highest BCUT2D eigenvalue weighted by molar-refractivity contribution is 5.90. The first kappa shape index (κ1) is 37.6. The van der Waals surface area contributed by atoms with Crippen molar-refractivity contribution in [2.75, 3.05) is 26.9 Å². The fourth-order valence-electron chi connectivity index (χ4n) is 5.47. The lowest BCUT2D eigenvalue weighted by atomic mass is 9.86. The van der Waals surface area contributed by atoms with Gasteiger partial charge in [-0.15, -0.1) is 0 Å². The van der Waals surface area contributed by atoms with E-state index in [1.165, 1.54) is 18.2 Å². The summed E-state index contributed by atoms with van der Waals surface area (Å²) in [7, 11) is 1.12. The van der Waals surface area contributed by atoms with Crippen LogP contribution in [0.5, 0.6) is 5.75 Å². The van der Waals surface area contributed by atoms with E-state index in [-0.39, 0.29) is 23.5 Å². The van der Waals surface area contributed by atoms with Crippen LogP contribution in [0.25, 0.3) is 0 Å². The normalized spacial score (nSPS) is 36.2. The predicted octanol–water partition coefficient (Wildman–Crippen LogP) is -2.52. The van der Waals surface area contributed by atoms with Gasteiger partial charge in [0.15, 0.2) is 12.6 Å². The van der Waals surface area contributed by atoms with Crippen LogP contribution in [0, 0.1) is 5.92 Å². The highest BCUT2D eigenvalue weighted by atomic mass is 16.8. The van der Waals surface area contributed by atoms with Crippen LogP contribution in [0.1, 0.15) is 18.9 Å². The molecule has 12 atom stereocenters. The molecular formula is C31H42O17. The van der Waals surface area contributed by atoms with Crippen molar-refractivity contribution in [2.45, 2.75) is 87.5 Å². The molecule has 3 aliphatic heterocycles. The summed E-state index contributed by atoms with van der Waals surface area (Å²) in [5, 5.41) is 80.8. The number of allylic oxidation sites excluding steroid dienone is 1. The molecule has 17 nitrogen and oxygen atoms in total. The molecule has 3 heterocycles. The van der Waals surface area contributed by atoms with Crippen molar-refractivity contribution in [2.24, 2.45) is 5.92 Å². The summed E-state index contributed by atoms with van der Waals surface area (Å²) in [6.45, 7) is 0.335. The number of ether oxygens (including phenoxy) is 7. The molecule has 3 aliphatic rings. The summed E-state index contributed by atoms with van der Waals surface area (Å²) in [4.78, 5) is 25.7. The molecule has 8 N–H and O–H groups in total. The van der Waals surface area contributed by atoms with Gasteiger partial charge in [0.25, 0.3) is 0 Å². The summed E-state index contributed by atoms with van der Waals surface area (Å²) >= 11 is 0. The van der Waals surface area contributed by atoms with E-state index in [1.54, 1.807) is 19.1 Å². The van der Waals surface area contributed by atoms with Gasteiger partial charge in [0, 0.05) is 11.5 Å². The topological polar surface area (TPSA) is 261 Å². The van der Waals surface area contributed by atoms with Gasteiger partial charge >= 0.3 is 11.9 Å². The number of methoxy groups -OCH3 is 1. The molecule has 0 unspecified atom stereocenters. The lowest BCUT2D eigenvalue weighted by molar-refractivity contribution is -0.327. The van der Waals surface area contributed by atoms with Crippen LogP contribution in [-0.4, -0.2) is 147 Å². The maximum Gasteiger partial charge on any atom is 0.337 e. The molecule has 0 aromatic heterocycles. The molecule has 2 fully saturated rings. The van der Waals surface area contributed by atoms with Gasteiger partial charge in [0.05, 0.1) is 38.6 Å². The van der Waals surface area contributed by atoms with E-state index in [0.717, 1.165) is 18.9 Å². The molecule has 2 saturated heterocycles. The third kappa shape index (κ3) is 8.68. The minimum Gasteiger partial charge on any atom is -0.508 e. The Bertz CT molecular complexity index is 1280. The number of phenolic OH excluding ortho intramolecular Hbond substituents is 1. The number of hydrogen-bond donors (Lipinski definition) is 8. The fraction of sp³-hybridized carbons (Fsp3) is 0.613. The predicted molar refractivity (Wildman–Crippen MR) is 157 cm³/mol. The number of carbonyl (C=O) groups excluding carboxylic acids is 2. The average Bonchev–Trinajstić information content (AvgIpc) is 3.08. The van der Waals surface area contributed by atoms with E-state index in [0.29, 0.717) is 6.42 Å². The standard InChI is InChI=1S/C31H42O17/c1-3-16-17(18(28(41)42-2)12-45-29(16)48-31-27(40)24(37)22(35)19(11-32)46-31)10-21(34)44-13-20-23(36)25(38)26(39)30(47-20)43-9-8-14-4-6-15(33)7-5-14/h3-7,12,17,19-20,22-27,29-33,35-40H,8-11,13H2,1-2H3/b16-3-/t17-,19+,20+,22-,23+,24-,25-,26+,27+,29+,30+,31-/m0/s1. The van der Waals surface area contributed by atoms with Gasteiger partial charge in [-0.25, -0.2) is 4.79 Å². The average molecular weight is 687 g/mol. The molecule has 0 amide bonds. The summed E-state index contributed by atoms with van der Waals surface area (Å²) in [5.41, 5.74) is 0.922. The zero-order chi connectivity index (χ0) is 35.1. The van der Waals surface area contributed by atoms with E-state index >= 15 is 0 Å². The molecule has 17 heteroatoms. The summed E-state index contributed by atoms with van der Waals surface area (Å²) in [6, 6.07) is 6.37. The molecule has 48 heavy (non-hydrogen) atoms. The Labute approximate surface area is 275 Å². The Balaban J connectivity index is 1.39. The number of phenols is 1. The second-order valence-corrected chi connectivity index (χ2v) is 11.4. The third-order valence-corrected chi connectivity index (χ3v) is 8.29. The highest BCUT2D eigenvalue weighted by Gasteiger charge is 2.48. The second-order valence-electron chi connectivity index (χ2n) is 11.4. The first-order chi connectivity index (χ1) is 22.9. The first-order valence-electron chi connectivity index (χ1n) is 15.2. The smallest absolute Gasteiger partial charge is 0.337 e. The minimum absolute atomic E-state index is 0.0483. The fourth-order valence-corrected chi connectivity index (χ4v) is 5.47. The molecule has 0 spiro atoms. The summed E-state index contributed by atoms with van der Waals surface area (Å²) in [6.07, 6.45) is -14.6. The van der Waals surface area contributed by atoms with E-state index in [4.69, 9.17) is 33.2 Å². The Kier molecular flexibility index (Phi) is 13.3.